The molecule has 0 saturated carbocycles. The molecule has 546 valence electrons. The summed E-state index contributed by atoms with van der Waals surface area (Å²) < 4.78 is 68.3. The molecule has 0 heterocycles. The summed E-state index contributed by atoms with van der Waals surface area (Å²) in [4.78, 5) is 72.5. The number of carbonyl (C=O) groups excluding carboxylic acids is 4. The number of ether oxygens (including phenoxy) is 4. The predicted octanol–water partition coefficient (Wildman–Crippen LogP) is 21.3. The molecule has 0 aromatic carbocycles. The zero-order valence-corrected chi connectivity index (χ0v) is 61.5. The monoisotopic (exact) mass is 1350 g/mol. The molecule has 19 heteroatoms. The van der Waals surface area contributed by atoms with Gasteiger partial charge in [0.1, 0.15) is 19.3 Å². The van der Waals surface area contributed by atoms with Crippen LogP contribution in [-0.4, -0.2) is 96.7 Å². The van der Waals surface area contributed by atoms with Crippen LogP contribution in [0, 0.1) is 5.92 Å². The number of aliphatic hydroxyl groups excluding tert-OH is 1. The molecule has 3 N–H and O–H groups in total. The van der Waals surface area contributed by atoms with Crippen LogP contribution >= 0.6 is 15.6 Å². The van der Waals surface area contributed by atoms with Crippen molar-refractivity contribution in [3.8, 4) is 0 Å². The van der Waals surface area contributed by atoms with Gasteiger partial charge in [-0.15, -0.1) is 0 Å². The molecule has 92 heavy (non-hydrogen) atoms. The number of rotatable bonds is 73. The van der Waals surface area contributed by atoms with E-state index in [2.05, 4.69) is 34.6 Å². The van der Waals surface area contributed by atoms with E-state index in [1.165, 1.54) is 199 Å². The Bertz CT molecular complexity index is 1770. The Kier molecular flexibility index (Phi) is 64.9. The molecular weight excluding hydrogens is 1210 g/mol. The Hall–Kier alpha value is -1.94. The van der Waals surface area contributed by atoms with E-state index < -0.39 is 97.5 Å². The molecule has 0 rings (SSSR count). The number of hydrogen-bond donors (Lipinski definition) is 3. The SMILES string of the molecule is CCCCCCCCCCCCCCCCCC(=O)OC[C@H](COP(=O)(O)OC[C@@H](O)COP(=O)(O)OC[C@@H](COC(=O)CCCCCCCCCC)OC(=O)CCCCCCCCCCCC)OC(=O)CCCCCCCCCCCCCCCCCCC(C)C. The highest BCUT2D eigenvalue weighted by molar-refractivity contribution is 7.47. The zero-order chi connectivity index (χ0) is 67.7. The zero-order valence-electron chi connectivity index (χ0n) is 59.7. The lowest BCUT2D eigenvalue weighted by atomic mass is 10.0. The lowest BCUT2D eigenvalue weighted by Crippen LogP contribution is -2.30. The van der Waals surface area contributed by atoms with Gasteiger partial charge in [0.2, 0.25) is 0 Å². The van der Waals surface area contributed by atoms with E-state index in [0.717, 1.165) is 102 Å². The maximum atomic E-state index is 13.1. The smallest absolute Gasteiger partial charge is 0.462 e. The fourth-order valence-electron chi connectivity index (χ4n) is 11.2. The van der Waals surface area contributed by atoms with E-state index in [0.29, 0.717) is 25.7 Å². The van der Waals surface area contributed by atoms with Crippen molar-refractivity contribution in [2.45, 2.75) is 400 Å². The molecule has 0 aliphatic heterocycles. The number of unbranched alkanes of at least 4 members (excludes halogenated alkanes) is 45. The summed E-state index contributed by atoms with van der Waals surface area (Å²) in [5.74, 6) is -1.31. The van der Waals surface area contributed by atoms with Crippen molar-refractivity contribution in [3.05, 3.63) is 0 Å². The lowest BCUT2D eigenvalue weighted by molar-refractivity contribution is -0.161. The summed E-state index contributed by atoms with van der Waals surface area (Å²) in [6.07, 6.45) is 54.1. The van der Waals surface area contributed by atoms with Gasteiger partial charge in [0, 0.05) is 25.7 Å². The van der Waals surface area contributed by atoms with Gasteiger partial charge < -0.3 is 33.8 Å². The van der Waals surface area contributed by atoms with Gasteiger partial charge >= 0.3 is 39.5 Å². The van der Waals surface area contributed by atoms with Crippen LogP contribution in [0.25, 0.3) is 0 Å². The van der Waals surface area contributed by atoms with Gasteiger partial charge in [-0.25, -0.2) is 9.13 Å². The van der Waals surface area contributed by atoms with Crippen molar-refractivity contribution < 1.29 is 80.2 Å². The Morgan fingerprint density at radius 2 is 0.500 bits per heavy atom. The van der Waals surface area contributed by atoms with Crippen LogP contribution < -0.4 is 0 Å². The third kappa shape index (κ3) is 66.7. The second-order valence-corrected chi connectivity index (χ2v) is 29.7. The minimum atomic E-state index is -4.95. The van der Waals surface area contributed by atoms with Crippen LogP contribution in [0.5, 0.6) is 0 Å². The van der Waals surface area contributed by atoms with Crippen molar-refractivity contribution in [1.82, 2.24) is 0 Å². The molecule has 0 aliphatic carbocycles. The van der Waals surface area contributed by atoms with Crippen molar-refractivity contribution in [3.63, 3.8) is 0 Å². The number of phosphoric ester groups is 2. The van der Waals surface area contributed by atoms with Gasteiger partial charge in [-0.1, -0.05) is 330 Å². The summed E-state index contributed by atoms with van der Waals surface area (Å²) in [5, 5.41) is 10.6. The molecule has 17 nitrogen and oxygen atoms in total. The van der Waals surface area contributed by atoms with Gasteiger partial charge in [-0.05, 0) is 31.6 Å². The van der Waals surface area contributed by atoms with Crippen LogP contribution in [0.15, 0.2) is 0 Å². The molecule has 0 aromatic rings. The minimum Gasteiger partial charge on any atom is -0.462 e. The number of aliphatic hydroxyl groups is 1. The summed E-state index contributed by atoms with van der Waals surface area (Å²) >= 11 is 0. The second kappa shape index (κ2) is 66.3. The molecular formula is C73H142O17P2. The van der Waals surface area contributed by atoms with Crippen LogP contribution in [-0.2, 0) is 65.4 Å². The van der Waals surface area contributed by atoms with E-state index in [-0.39, 0.29) is 25.7 Å². The standard InChI is InChI=1S/C73H142O17P2/c1-6-9-12-15-18-21-23-24-27-31-34-38-42-47-52-57-71(76)84-63-69(90-73(78)59-54-49-44-39-35-32-29-26-25-28-30-33-36-40-45-50-55-66(4)5)65-88-92(81,82)86-61-67(74)60-85-91(79,80)87-64-68(62-83-70(75)56-51-46-41-20-17-14-11-8-3)89-72(77)58-53-48-43-37-22-19-16-13-10-7-2/h66-69,74H,6-65H2,1-5H3,(H,79,80)(H,81,82)/t67-,68+,69+/m0/s1. The Labute approximate surface area is 562 Å². The predicted molar refractivity (Wildman–Crippen MR) is 372 cm³/mol. The summed E-state index contributed by atoms with van der Waals surface area (Å²) in [7, 11) is -9.90. The maximum Gasteiger partial charge on any atom is 0.472 e. The highest BCUT2D eigenvalue weighted by Crippen LogP contribution is 2.45. The first-order chi connectivity index (χ1) is 44.5. The minimum absolute atomic E-state index is 0.107. The van der Waals surface area contributed by atoms with Crippen LogP contribution in [0.2, 0.25) is 0 Å². The highest BCUT2D eigenvalue weighted by Gasteiger charge is 2.30. The molecule has 0 fully saturated rings. The van der Waals surface area contributed by atoms with E-state index in [1.54, 1.807) is 0 Å². The number of esters is 4. The first kappa shape index (κ1) is 90.1. The van der Waals surface area contributed by atoms with E-state index in [4.69, 9.17) is 37.0 Å². The maximum absolute atomic E-state index is 13.1. The second-order valence-electron chi connectivity index (χ2n) is 26.8. The highest BCUT2D eigenvalue weighted by atomic mass is 31.2. The molecule has 0 saturated heterocycles. The van der Waals surface area contributed by atoms with Crippen molar-refractivity contribution >= 4 is 39.5 Å². The Balaban J connectivity index is 5.19. The van der Waals surface area contributed by atoms with Gasteiger partial charge in [-0.3, -0.25) is 37.3 Å². The van der Waals surface area contributed by atoms with Gasteiger partial charge in [-0.2, -0.15) is 0 Å². The first-order valence-electron chi connectivity index (χ1n) is 38.1. The third-order valence-corrected chi connectivity index (χ3v) is 18.9. The summed E-state index contributed by atoms with van der Waals surface area (Å²) in [6, 6.07) is 0. The van der Waals surface area contributed by atoms with Crippen LogP contribution in [0.1, 0.15) is 381 Å². The van der Waals surface area contributed by atoms with Crippen LogP contribution in [0.3, 0.4) is 0 Å². The first-order valence-corrected chi connectivity index (χ1v) is 41.1. The quantitative estimate of drug-likeness (QED) is 0.0222. The molecule has 0 spiro atoms. The normalized spacial score (nSPS) is 14.0. The fourth-order valence-corrected chi connectivity index (χ4v) is 12.8. The summed E-state index contributed by atoms with van der Waals surface area (Å²) in [6.45, 7) is 7.27. The summed E-state index contributed by atoms with van der Waals surface area (Å²) in [5.41, 5.74) is 0. The fraction of sp³-hybridized carbons (Fsp3) is 0.945. The van der Waals surface area contributed by atoms with Gasteiger partial charge in [0.05, 0.1) is 26.4 Å². The van der Waals surface area contributed by atoms with E-state index in [9.17, 15) is 43.2 Å². The third-order valence-electron chi connectivity index (χ3n) is 17.0. The average Bonchev–Trinajstić information content (AvgIpc) is 3.23. The van der Waals surface area contributed by atoms with Crippen molar-refractivity contribution in [2.75, 3.05) is 39.6 Å². The molecule has 0 radical (unpaired) electrons. The molecule has 0 aromatic heterocycles. The van der Waals surface area contributed by atoms with Crippen molar-refractivity contribution in [1.29, 1.82) is 0 Å². The topological polar surface area (TPSA) is 237 Å². The van der Waals surface area contributed by atoms with Crippen molar-refractivity contribution in [2.24, 2.45) is 5.92 Å². The molecule has 0 aliphatic rings. The lowest BCUT2D eigenvalue weighted by Gasteiger charge is -2.21. The van der Waals surface area contributed by atoms with E-state index in [1.807, 2.05) is 0 Å². The largest absolute Gasteiger partial charge is 0.472 e. The number of hydrogen-bond acceptors (Lipinski definition) is 15. The number of phosphoric acid groups is 2. The van der Waals surface area contributed by atoms with Crippen LogP contribution in [0.4, 0.5) is 0 Å². The Morgan fingerprint density at radius 3 is 0.739 bits per heavy atom. The van der Waals surface area contributed by atoms with Gasteiger partial charge in [0.25, 0.3) is 0 Å². The molecule has 2 unspecified atom stereocenters. The molecule has 5 atom stereocenters. The van der Waals surface area contributed by atoms with Gasteiger partial charge in [0.15, 0.2) is 12.2 Å². The molecule has 0 bridgehead atoms. The molecule has 0 amide bonds. The van der Waals surface area contributed by atoms with E-state index >= 15 is 0 Å². The number of carbonyl (C=O) groups is 4. The average molecular weight is 1350 g/mol. The Morgan fingerprint density at radius 1 is 0.293 bits per heavy atom.